The molecule has 3 aliphatic rings. The van der Waals surface area contributed by atoms with E-state index in [0.717, 1.165) is 6.42 Å². The number of fused-ring (bicyclic) bond motifs is 5. The Morgan fingerprint density at radius 1 is 1.06 bits per heavy atom. The molecule has 4 atom stereocenters. The Kier molecular flexibility index (Phi) is 5.75. The van der Waals surface area contributed by atoms with Gasteiger partial charge in [0.15, 0.2) is 6.61 Å². The van der Waals surface area contributed by atoms with Crippen LogP contribution in [0.5, 0.6) is 5.75 Å². The minimum absolute atomic E-state index is 0.0975. The highest BCUT2D eigenvalue weighted by Crippen LogP contribution is 2.53. The molecule has 0 spiro atoms. The number of carbonyl (C=O) groups is 4. The van der Waals surface area contributed by atoms with Crippen LogP contribution in [0.15, 0.2) is 54.6 Å². The van der Waals surface area contributed by atoms with E-state index in [1.165, 1.54) is 54.5 Å². The number of nitro groups is 1. The van der Waals surface area contributed by atoms with Crippen molar-refractivity contribution in [2.24, 2.45) is 23.7 Å². The Morgan fingerprint density at radius 2 is 1.69 bits per heavy atom. The van der Waals surface area contributed by atoms with Crippen molar-refractivity contribution in [3.8, 4) is 5.75 Å². The molecule has 2 bridgehead atoms. The van der Waals surface area contributed by atoms with Gasteiger partial charge in [-0.15, -0.1) is 0 Å². The van der Waals surface area contributed by atoms with Gasteiger partial charge in [-0.25, -0.2) is 4.79 Å². The molecule has 1 N–H and O–H groups in total. The van der Waals surface area contributed by atoms with E-state index in [1.807, 2.05) is 12.2 Å². The highest BCUT2D eigenvalue weighted by molar-refractivity contribution is 6.22. The molecule has 2 aromatic carbocycles. The van der Waals surface area contributed by atoms with Gasteiger partial charge in [0.25, 0.3) is 11.6 Å². The van der Waals surface area contributed by atoms with Crippen LogP contribution in [-0.4, -0.2) is 42.3 Å². The number of nitrogens with zero attached hydrogens (tertiary/aromatic N) is 2. The second-order valence-corrected chi connectivity index (χ2v) is 8.82. The van der Waals surface area contributed by atoms with Gasteiger partial charge >= 0.3 is 5.97 Å². The van der Waals surface area contributed by atoms with Gasteiger partial charge in [0.2, 0.25) is 11.8 Å². The van der Waals surface area contributed by atoms with Gasteiger partial charge in [-0.1, -0.05) is 12.2 Å². The van der Waals surface area contributed by atoms with E-state index in [0.29, 0.717) is 11.4 Å². The predicted octanol–water partition coefficient (Wildman–Crippen LogP) is 2.71. The summed E-state index contributed by atoms with van der Waals surface area (Å²) in [7, 11) is 1.38. The molecule has 11 heteroatoms. The van der Waals surface area contributed by atoms with E-state index in [4.69, 9.17) is 9.47 Å². The summed E-state index contributed by atoms with van der Waals surface area (Å²) in [6.07, 6.45) is 4.87. The van der Waals surface area contributed by atoms with Crippen LogP contribution in [0, 0.1) is 33.8 Å². The number of nitro benzene ring substituents is 1. The lowest BCUT2D eigenvalue weighted by atomic mass is 9.85. The second-order valence-electron chi connectivity index (χ2n) is 8.82. The van der Waals surface area contributed by atoms with Gasteiger partial charge in [-0.05, 0) is 48.6 Å². The summed E-state index contributed by atoms with van der Waals surface area (Å²) >= 11 is 0. The number of anilines is 2. The van der Waals surface area contributed by atoms with E-state index in [2.05, 4.69) is 5.32 Å². The Balaban J connectivity index is 1.21. The summed E-state index contributed by atoms with van der Waals surface area (Å²) in [6, 6.07) is 9.65. The molecular formula is C25H21N3O8. The van der Waals surface area contributed by atoms with Crippen molar-refractivity contribution in [1.82, 2.24) is 0 Å². The van der Waals surface area contributed by atoms with E-state index in [1.54, 1.807) is 0 Å². The molecule has 0 radical (unpaired) electrons. The molecule has 3 amide bonds. The number of hydrogen-bond acceptors (Lipinski definition) is 8. The first kappa shape index (κ1) is 23.2. The molecule has 11 nitrogen and oxygen atoms in total. The Hall–Kier alpha value is -4.54. The third-order valence-corrected chi connectivity index (χ3v) is 6.84. The zero-order valence-corrected chi connectivity index (χ0v) is 19.1. The van der Waals surface area contributed by atoms with Gasteiger partial charge in [-0.2, -0.15) is 0 Å². The first-order chi connectivity index (χ1) is 17.3. The molecule has 1 aliphatic heterocycles. The lowest BCUT2D eigenvalue weighted by molar-refractivity contribution is -0.383. The summed E-state index contributed by atoms with van der Waals surface area (Å²) in [4.78, 5) is 62.2. The maximum absolute atomic E-state index is 12.9. The molecule has 0 aromatic heterocycles. The zero-order chi connectivity index (χ0) is 25.6. The van der Waals surface area contributed by atoms with Gasteiger partial charge in [0.05, 0.1) is 35.1 Å². The fourth-order valence-corrected chi connectivity index (χ4v) is 5.21. The number of esters is 1. The van der Waals surface area contributed by atoms with Crippen molar-refractivity contribution in [3.05, 3.63) is 70.3 Å². The molecule has 2 aliphatic carbocycles. The van der Waals surface area contributed by atoms with Crippen LogP contribution in [0.1, 0.15) is 16.8 Å². The van der Waals surface area contributed by atoms with Crippen LogP contribution >= 0.6 is 0 Å². The lowest BCUT2D eigenvalue weighted by Gasteiger charge is -2.17. The summed E-state index contributed by atoms with van der Waals surface area (Å²) in [5, 5.41) is 13.5. The van der Waals surface area contributed by atoms with E-state index in [-0.39, 0.29) is 52.4 Å². The third kappa shape index (κ3) is 3.88. The van der Waals surface area contributed by atoms with Gasteiger partial charge in [-0.3, -0.25) is 29.4 Å². The highest BCUT2D eigenvalue weighted by Gasteiger charge is 2.59. The summed E-state index contributed by atoms with van der Waals surface area (Å²) in [5.41, 5.74) is 0.0430. The topological polar surface area (TPSA) is 145 Å². The van der Waals surface area contributed by atoms with Crippen molar-refractivity contribution in [1.29, 1.82) is 0 Å². The van der Waals surface area contributed by atoms with Crippen molar-refractivity contribution in [3.63, 3.8) is 0 Å². The molecule has 0 unspecified atom stereocenters. The molecule has 1 saturated heterocycles. The number of nitrogens with one attached hydrogen (secondary N) is 1. The van der Waals surface area contributed by atoms with Crippen molar-refractivity contribution in [2.75, 3.05) is 23.9 Å². The van der Waals surface area contributed by atoms with Crippen LogP contribution < -0.4 is 15.0 Å². The predicted molar refractivity (Wildman–Crippen MR) is 125 cm³/mol. The Labute approximate surface area is 204 Å². The molecule has 1 saturated carbocycles. The van der Waals surface area contributed by atoms with Crippen molar-refractivity contribution < 1.29 is 33.6 Å². The molecule has 5 rings (SSSR count). The van der Waals surface area contributed by atoms with E-state index in [9.17, 15) is 29.3 Å². The fraction of sp³-hybridized carbons (Fsp3) is 0.280. The fourth-order valence-electron chi connectivity index (χ4n) is 5.21. The minimum Gasteiger partial charge on any atom is -0.497 e. The zero-order valence-electron chi connectivity index (χ0n) is 19.1. The monoisotopic (exact) mass is 491 g/mol. The van der Waals surface area contributed by atoms with Gasteiger partial charge in [0.1, 0.15) is 11.4 Å². The number of benzene rings is 2. The van der Waals surface area contributed by atoms with Gasteiger partial charge < -0.3 is 14.8 Å². The van der Waals surface area contributed by atoms with Crippen LogP contribution in [0.4, 0.5) is 17.1 Å². The van der Waals surface area contributed by atoms with Crippen LogP contribution in [0.2, 0.25) is 0 Å². The molecule has 1 heterocycles. The SMILES string of the molecule is COc1ccc([N+](=O)[O-])c(NC(=O)COC(=O)c2ccc(N3C(=O)[C@@H]4[C@H](C3=O)[C@H]3C=C[C@H]4C3)cc2)c1. The smallest absolute Gasteiger partial charge is 0.338 e. The van der Waals surface area contributed by atoms with Crippen LogP contribution in [-0.2, 0) is 19.1 Å². The summed E-state index contributed by atoms with van der Waals surface area (Å²) in [6.45, 7) is -0.683. The first-order valence-electron chi connectivity index (χ1n) is 11.2. The van der Waals surface area contributed by atoms with Crippen molar-refractivity contribution >= 4 is 40.8 Å². The summed E-state index contributed by atoms with van der Waals surface area (Å²) in [5.74, 6) is -2.18. The number of allylic oxidation sites excluding steroid dienone is 2. The quantitative estimate of drug-likeness (QED) is 0.205. The molecule has 2 fully saturated rings. The molecule has 184 valence electrons. The Morgan fingerprint density at radius 3 is 2.28 bits per heavy atom. The van der Waals surface area contributed by atoms with E-state index >= 15 is 0 Å². The molecule has 36 heavy (non-hydrogen) atoms. The normalized spacial score (nSPS) is 23.5. The third-order valence-electron chi connectivity index (χ3n) is 6.84. The largest absolute Gasteiger partial charge is 0.497 e. The van der Waals surface area contributed by atoms with E-state index < -0.39 is 23.4 Å². The van der Waals surface area contributed by atoms with Crippen molar-refractivity contribution in [2.45, 2.75) is 6.42 Å². The maximum Gasteiger partial charge on any atom is 0.338 e. The first-order valence-corrected chi connectivity index (χ1v) is 11.2. The van der Waals surface area contributed by atoms with Crippen LogP contribution in [0.3, 0.4) is 0 Å². The van der Waals surface area contributed by atoms with Gasteiger partial charge in [0, 0.05) is 12.1 Å². The molecule has 2 aromatic rings. The summed E-state index contributed by atoms with van der Waals surface area (Å²) < 4.78 is 10.0. The minimum atomic E-state index is -0.810. The number of imide groups is 1. The number of rotatable bonds is 7. The van der Waals surface area contributed by atoms with Crippen LogP contribution in [0.25, 0.3) is 0 Å². The number of ether oxygens (including phenoxy) is 2. The molecular weight excluding hydrogens is 470 g/mol. The number of hydrogen-bond donors (Lipinski definition) is 1. The Bertz CT molecular complexity index is 1290. The standard InChI is InChI=1S/C25H21N3O8/c1-35-17-8-9-19(28(33)34)18(11-17)26-20(29)12-36-25(32)13-4-6-16(7-5-13)27-23(30)21-14-2-3-15(10-14)22(21)24(27)31/h2-9,11,14-15,21-22H,10,12H2,1H3,(H,26,29)/t14-,15-,21-,22+/m0/s1. The average Bonchev–Trinajstić information content (AvgIpc) is 3.56. The average molecular weight is 491 g/mol. The number of carbonyl (C=O) groups excluding carboxylic acids is 4. The second kappa shape index (κ2) is 8.91. The number of methoxy groups -OCH3 is 1. The maximum atomic E-state index is 12.9. The highest BCUT2D eigenvalue weighted by atomic mass is 16.6. The lowest BCUT2D eigenvalue weighted by Crippen LogP contribution is -2.32. The number of amides is 3.